The molecule has 0 aliphatic rings. The van der Waals surface area contributed by atoms with Crippen molar-refractivity contribution in [3.63, 3.8) is 0 Å². The Kier molecular flexibility index (Phi) is 3.70. The maximum absolute atomic E-state index is 11.1. The second-order valence-corrected chi connectivity index (χ2v) is 4.53. The predicted octanol–water partition coefficient (Wildman–Crippen LogP) is 1.47. The SMILES string of the molecule is O=C(O)Cc1cn(-c2ccc(C(=O)I)cc2)nn1. The molecule has 0 saturated carbocycles. The van der Waals surface area contributed by atoms with Gasteiger partial charge in [-0.3, -0.25) is 9.59 Å². The molecule has 7 heteroatoms. The number of benzene rings is 1. The van der Waals surface area contributed by atoms with Gasteiger partial charge < -0.3 is 5.11 Å². The molecule has 0 amide bonds. The summed E-state index contributed by atoms with van der Waals surface area (Å²) in [5, 5.41) is 16.2. The average Bonchev–Trinajstić information content (AvgIpc) is 2.76. The summed E-state index contributed by atoms with van der Waals surface area (Å²) >= 11 is 1.71. The molecule has 0 aliphatic carbocycles. The largest absolute Gasteiger partial charge is 0.481 e. The standard InChI is InChI=1S/C11H8IN3O3/c12-11(18)7-1-3-9(4-2-7)15-6-8(13-14-15)5-10(16)17/h1-4,6H,5H2,(H,16,17). The first-order chi connectivity index (χ1) is 8.56. The summed E-state index contributed by atoms with van der Waals surface area (Å²) in [5.74, 6) is -0.951. The molecular weight excluding hydrogens is 349 g/mol. The molecule has 0 unspecified atom stereocenters. The van der Waals surface area contributed by atoms with E-state index >= 15 is 0 Å². The summed E-state index contributed by atoms with van der Waals surface area (Å²) in [6.45, 7) is 0. The summed E-state index contributed by atoms with van der Waals surface area (Å²) in [6.07, 6.45) is 1.39. The molecule has 0 saturated heterocycles. The van der Waals surface area contributed by atoms with Gasteiger partial charge in [-0.05, 0) is 24.3 Å². The van der Waals surface area contributed by atoms with Gasteiger partial charge in [0.25, 0.3) is 0 Å². The van der Waals surface area contributed by atoms with Gasteiger partial charge >= 0.3 is 5.97 Å². The van der Waals surface area contributed by atoms with E-state index in [9.17, 15) is 9.59 Å². The number of carboxylic acids is 1. The van der Waals surface area contributed by atoms with Gasteiger partial charge in [0.05, 0.1) is 24.0 Å². The van der Waals surface area contributed by atoms with Crippen molar-refractivity contribution in [3.8, 4) is 5.69 Å². The number of carboxylic acid groups (broad SMARTS) is 1. The lowest BCUT2D eigenvalue weighted by Crippen LogP contribution is -2.00. The van der Waals surface area contributed by atoms with E-state index in [0.29, 0.717) is 11.3 Å². The van der Waals surface area contributed by atoms with Gasteiger partial charge in [-0.25, -0.2) is 4.68 Å². The molecule has 0 atom stereocenters. The highest BCUT2D eigenvalue weighted by Gasteiger charge is 2.07. The Labute approximate surface area is 116 Å². The van der Waals surface area contributed by atoms with Crippen LogP contribution in [0.15, 0.2) is 30.5 Å². The molecule has 0 bridgehead atoms. The van der Waals surface area contributed by atoms with Crippen LogP contribution >= 0.6 is 22.6 Å². The predicted molar refractivity (Wildman–Crippen MR) is 71.0 cm³/mol. The van der Waals surface area contributed by atoms with Gasteiger partial charge in [-0.2, -0.15) is 0 Å². The Morgan fingerprint density at radius 1 is 1.28 bits per heavy atom. The van der Waals surface area contributed by atoms with Crippen LogP contribution in [0, 0.1) is 0 Å². The lowest BCUT2D eigenvalue weighted by atomic mass is 10.2. The van der Waals surface area contributed by atoms with Crippen LogP contribution < -0.4 is 0 Å². The topological polar surface area (TPSA) is 85.1 Å². The molecule has 0 aliphatic heterocycles. The van der Waals surface area contributed by atoms with Crippen LogP contribution in [-0.2, 0) is 11.2 Å². The van der Waals surface area contributed by atoms with Gasteiger partial charge in [-0.1, -0.05) is 5.21 Å². The number of carbonyl (C=O) groups is 2. The lowest BCUT2D eigenvalue weighted by Gasteiger charge is -2.00. The monoisotopic (exact) mass is 357 g/mol. The molecule has 6 nitrogen and oxygen atoms in total. The van der Waals surface area contributed by atoms with Crippen molar-refractivity contribution in [1.82, 2.24) is 15.0 Å². The van der Waals surface area contributed by atoms with Crippen molar-refractivity contribution >= 4 is 32.4 Å². The Bertz CT molecular complexity index is 592. The highest BCUT2D eigenvalue weighted by atomic mass is 127. The maximum atomic E-state index is 11.1. The molecule has 1 N–H and O–H groups in total. The fourth-order valence-corrected chi connectivity index (χ4v) is 1.77. The minimum Gasteiger partial charge on any atom is -0.481 e. The van der Waals surface area contributed by atoms with Gasteiger partial charge in [0.1, 0.15) is 0 Å². The van der Waals surface area contributed by atoms with Crippen LogP contribution in [0.1, 0.15) is 16.1 Å². The number of hydrogen-bond acceptors (Lipinski definition) is 4. The van der Waals surface area contributed by atoms with Crippen molar-refractivity contribution in [2.45, 2.75) is 6.42 Å². The molecule has 2 aromatic rings. The number of carbonyl (C=O) groups excluding carboxylic acids is 1. The zero-order valence-electron chi connectivity index (χ0n) is 9.08. The Morgan fingerprint density at radius 2 is 1.94 bits per heavy atom. The molecule has 0 spiro atoms. The quantitative estimate of drug-likeness (QED) is 0.662. The van der Waals surface area contributed by atoms with Crippen molar-refractivity contribution in [3.05, 3.63) is 41.7 Å². The lowest BCUT2D eigenvalue weighted by molar-refractivity contribution is -0.136. The smallest absolute Gasteiger partial charge is 0.309 e. The molecule has 2 rings (SSSR count). The molecule has 1 heterocycles. The molecule has 1 aromatic carbocycles. The number of nitrogens with zero attached hydrogens (tertiary/aromatic N) is 3. The summed E-state index contributed by atoms with van der Waals surface area (Å²) < 4.78 is 1.43. The second-order valence-electron chi connectivity index (χ2n) is 3.55. The third kappa shape index (κ3) is 2.92. The molecule has 1 aromatic heterocycles. The van der Waals surface area contributed by atoms with E-state index in [1.807, 2.05) is 0 Å². The third-order valence-corrected chi connectivity index (χ3v) is 2.85. The van der Waals surface area contributed by atoms with Gasteiger partial charge in [-0.15, -0.1) is 5.10 Å². The van der Waals surface area contributed by atoms with E-state index in [1.54, 1.807) is 53.1 Å². The van der Waals surface area contributed by atoms with Gasteiger partial charge in [0, 0.05) is 28.2 Å². The Hall–Kier alpha value is -1.77. The minimum atomic E-state index is -0.951. The highest BCUT2D eigenvalue weighted by molar-refractivity contribution is 14.1. The first kappa shape index (κ1) is 12.7. The van der Waals surface area contributed by atoms with Crippen LogP contribution in [0.4, 0.5) is 0 Å². The number of rotatable bonds is 4. The van der Waals surface area contributed by atoms with E-state index in [4.69, 9.17) is 5.11 Å². The highest BCUT2D eigenvalue weighted by Crippen LogP contribution is 2.11. The molecular formula is C11H8IN3O3. The van der Waals surface area contributed by atoms with Crippen LogP contribution in [-0.4, -0.2) is 29.9 Å². The minimum absolute atomic E-state index is 0.0377. The van der Waals surface area contributed by atoms with Crippen molar-refractivity contribution in [1.29, 1.82) is 0 Å². The van der Waals surface area contributed by atoms with Crippen molar-refractivity contribution < 1.29 is 14.7 Å². The van der Waals surface area contributed by atoms with Gasteiger partial charge in [0.2, 0.25) is 3.79 Å². The summed E-state index contributed by atoms with van der Waals surface area (Å²) in [7, 11) is 0. The first-order valence-electron chi connectivity index (χ1n) is 4.99. The van der Waals surface area contributed by atoms with Gasteiger partial charge in [0.15, 0.2) is 0 Å². The summed E-state index contributed by atoms with van der Waals surface area (Å²) in [6, 6.07) is 6.82. The second kappa shape index (κ2) is 5.25. The molecule has 0 radical (unpaired) electrons. The fourth-order valence-electron chi connectivity index (χ4n) is 1.41. The number of aliphatic carboxylic acids is 1. The molecule has 92 valence electrons. The van der Waals surface area contributed by atoms with Crippen molar-refractivity contribution in [2.24, 2.45) is 0 Å². The van der Waals surface area contributed by atoms with E-state index in [2.05, 4.69) is 10.3 Å². The summed E-state index contributed by atoms with van der Waals surface area (Å²) in [5.41, 5.74) is 1.71. The van der Waals surface area contributed by atoms with E-state index in [-0.39, 0.29) is 10.2 Å². The average molecular weight is 357 g/mol. The first-order valence-corrected chi connectivity index (χ1v) is 6.07. The Morgan fingerprint density at radius 3 is 2.50 bits per heavy atom. The van der Waals surface area contributed by atoms with Crippen LogP contribution in [0.3, 0.4) is 0 Å². The van der Waals surface area contributed by atoms with E-state index < -0.39 is 5.97 Å². The molecule has 18 heavy (non-hydrogen) atoms. The number of aromatic nitrogens is 3. The Balaban J connectivity index is 2.23. The summed E-state index contributed by atoms with van der Waals surface area (Å²) in [4.78, 5) is 21.6. The molecule has 0 fully saturated rings. The van der Waals surface area contributed by atoms with Crippen LogP contribution in [0.5, 0.6) is 0 Å². The number of halogens is 1. The zero-order valence-corrected chi connectivity index (χ0v) is 11.2. The fraction of sp³-hybridized carbons (Fsp3) is 0.0909. The third-order valence-electron chi connectivity index (χ3n) is 2.23. The number of hydrogen-bond donors (Lipinski definition) is 1. The van der Waals surface area contributed by atoms with E-state index in [1.165, 1.54) is 4.68 Å². The van der Waals surface area contributed by atoms with Crippen molar-refractivity contribution in [2.75, 3.05) is 0 Å². The van der Waals surface area contributed by atoms with E-state index in [0.717, 1.165) is 5.69 Å². The van der Waals surface area contributed by atoms with Crippen LogP contribution in [0.25, 0.3) is 5.69 Å². The van der Waals surface area contributed by atoms with Crippen LogP contribution in [0.2, 0.25) is 0 Å². The zero-order chi connectivity index (χ0) is 13.1. The maximum Gasteiger partial charge on any atom is 0.309 e. The normalized spacial score (nSPS) is 10.3.